The van der Waals surface area contributed by atoms with Gasteiger partial charge in [0.25, 0.3) is 11.7 Å². The Morgan fingerprint density at radius 2 is 1.62 bits per heavy atom. The molecule has 0 radical (unpaired) electrons. The molecule has 1 heterocycles. The first kappa shape index (κ1) is 18.1. The molecular formula is C21H19BrN2O2. The molecule has 0 atom stereocenters. The van der Waals surface area contributed by atoms with E-state index in [1.165, 1.54) is 5.56 Å². The molecule has 0 bridgehead atoms. The minimum Gasteiger partial charge on any atom is -0.345 e. The highest BCUT2D eigenvalue weighted by Gasteiger charge is 2.19. The Bertz CT molecular complexity index is 912. The number of rotatable bonds is 6. The van der Waals surface area contributed by atoms with Crippen molar-refractivity contribution in [1.82, 2.24) is 9.88 Å². The lowest BCUT2D eigenvalue weighted by Gasteiger charge is -2.09. The van der Waals surface area contributed by atoms with Crippen molar-refractivity contribution in [3.63, 3.8) is 0 Å². The molecule has 132 valence electrons. The van der Waals surface area contributed by atoms with Gasteiger partial charge in [0.15, 0.2) is 0 Å². The van der Waals surface area contributed by atoms with Gasteiger partial charge in [-0.2, -0.15) is 0 Å². The molecular weight excluding hydrogens is 392 g/mol. The molecule has 0 saturated heterocycles. The van der Waals surface area contributed by atoms with Crippen molar-refractivity contribution in [2.45, 2.75) is 20.0 Å². The maximum Gasteiger partial charge on any atom is 0.294 e. The number of carbonyl (C=O) groups excluding carboxylic acids is 2. The SMILES string of the molecule is Cc1ccc(Cn2cccc2C(=O)C(=O)NCc2ccc(Br)cc2)cc1. The Labute approximate surface area is 161 Å². The molecule has 1 aromatic heterocycles. The number of nitrogens with one attached hydrogen (secondary N) is 1. The lowest BCUT2D eigenvalue weighted by Crippen LogP contribution is -2.32. The van der Waals surface area contributed by atoms with Gasteiger partial charge in [0.1, 0.15) is 0 Å². The van der Waals surface area contributed by atoms with E-state index in [0.717, 1.165) is 15.6 Å². The van der Waals surface area contributed by atoms with Gasteiger partial charge in [-0.3, -0.25) is 9.59 Å². The topological polar surface area (TPSA) is 51.1 Å². The summed E-state index contributed by atoms with van der Waals surface area (Å²) in [6, 6.07) is 19.2. The molecule has 2 aromatic carbocycles. The van der Waals surface area contributed by atoms with Crippen LogP contribution in [0.15, 0.2) is 71.3 Å². The van der Waals surface area contributed by atoms with Gasteiger partial charge in [-0.15, -0.1) is 0 Å². The zero-order valence-electron chi connectivity index (χ0n) is 14.4. The van der Waals surface area contributed by atoms with Crippen LogP contribution in [0.3, 0.4) is 0 Å². The molecule has 3 rings (SSSR count). The Morgan fingerprint density at radius 3 is 2.31 bits per heavy atom. The summed E-state index contributed by atoms with van der Waals surface area (Å²) in [5.74, 6) is -1.13. The van der Waals surface area contributed by atoms with Crippen LogP contribution in [0, 0.1) is 6.92 Å². The van der Waals surface area contributed by atoms with Crippen molar-refractivity contribution in [2.75, 3.05) is 0 Å². The van der Waals surface area contributed by atoms with Crippen molar-refractivity contribution >= 4 is 27.6 Å². The van der Waals surface area contributed by atoms with E-state index in [2.05, 4.69) is 21.2 Å². The second kappa shape index (κ2) is 8.15. The lowest BCUT2D eigenvalue weighted by atomic mass is 10.1. The van der Waals surface area contributed by atoms with Gasteiger partial charge in [0.2, 0.25) is 0 Å². The van der Waals surface area contributed by atoms with Gasteiger partial charge in [0.05, 0.1) is 5.69 Å². The smallest absolute Gasteiger partial charge is 0.294 e. The molecule has 26 heavy (non-hydrogen) atoms. The number of halogens is 1. The van der Waals surface area contributed by atoms with Crippen LogP contribution in [0.1, 0.15) is 27.2 Å². The normalized spacial score (nSPS) is 10.5. The van der Waals surface area contributed by atoms with E-state index >= 15 is 0 Å². The number of aromatic nitrogens is 1. The summed E-state index contributed by atoms with van der Waals surface area (Å²) in [6.07, 6.45) is 1.81. The number of benzene rings is 2. The minimum atomic E-state index is -0.600. The highest BCUT2D eigenvalue weighted by atomic mass is 79.9. The van der Waals surface area contributed by atoms with Crippen molar-refractivity contribution in [2.24, 2.45) is 0 Å². The van der Waals surface area contributed by atoms with E-state index in [1.54, 1.807) is 16.7 Å². The van der Waals surface area contributed by atoms with Crippen LogP contribution in [0.25, 0.3) is 0 Å². The first-order chi connectivity index (χ1) is 12.5. The maximum absolute atomic E-state index is 12.5. The van der Waals surface area contributed by atoms with E-state index in [4.69, 9.17) is 0 Å². The highest BCUT2D eigenvalue weighted by molar-refractivity contribution is 9.10. The van der Waals surface area contributed by atoms with Crippen LogP contribution in [-0.4, -0.2) is 16.3 Å². The fraction of sp³-hybridized carbons (Fsp3) is 0.143. The number of hydrogen-bond donors (Lipinski definition) is 1. The Morgan fingerprint density at radius 1 is 0.962 bits per heavy atom. The van der Waals surface area contributed by atoms with Gasteiger partial charge in [0, 0.05) is 23.8 Å². The van der Waals surface area contributed by atoms with Gasteiger partial charge < -0.3 is 9.88 Å². The molecule has 1 amide bonds. The van der Waals surface area contributed by atoms with Crippen LogP contribution in [0.2, 0.25) is 0 Å². The summed E-state index contributed by atoms with van der Waals surface area (Å²) in [6.45, 7) is 2.90. The Hall–Kier alpha value is -2.66. The zero-order chi connectivity index (χ0) is 18.5. The fourth-order valence-electron chi connectivity index (χ4n) is 2.63. The standard InChI is InChI=1S/C21H19BrN2O2/c1-15-4-6-17(7-5-15)14-24-12-2-3-19(24)20(25)21(26)23-13-16-8-10-18(22)11-9-16/h2-12H,13-14H2,1H3,(H,23,26). The average molecular weight is 411 g/mol. The number of amides is 1. The number of nitrogens with zero attached hydrogens (tertiary/aromatic N) is 1. The molecule has 3 aromatic rings. The number of carbonyl (C=O) groups is 2. The molecule has 0 saturated carbocycles. The fourth-order valence-corrected chi connectivity index (χ4v) is 2.89. The summed E-state index contributed by atoms with van der Waals surface area (Å²) in [5.41, 5.74) is 3.59. The number of hydrogen-bond acceptors (Lipinski definition) is 2. The minimum absolute atomic E-state index is 0.316. The van der Waals surface area contributed by atoms with E-state index in [0.29, 0.717) is 18.8 Å². The summed E-state index contributed by atoms with van der Waals surface area (Å²) < 4.78 is 2.77. The number of ketones is 1. The average Bonchev–Trinajstić information content (AvgIpc) is 3.10. The Kier molecular flexibility index (Phi) is 5.68. The predicted molar refractivity (Wildman–Crippen MR) is 105 cm³/mol. The second-order valence-corrected chi connectivity index (χ2v) is 7.06. The van der Waals surface area contributed by atoms with Crippen molar-refractivity contribution < 1.29 is 9.59 Å². The van der Waals surface area contributed by atoms with Gasteiger partial charge in [-0.1, -0.05) is 57.9 Å². The third-order valence-electron chi connectivity index (χ3n) is 4.11. The van der Waals surface area contributed by atoms with Gasteiger partial charge in [-0.05, 0) is 42.3 Å². The number of aryl methyl sites for hydroxylation is 1. The highest BCUT2D eigenvalue weighted by Crippen LogP contribution is 2.12. The van der Waals surface area contributed by atoms with Crippen LogP contribution < -0.4 is 5.32 Å². The third kappa shape index (κ3) is 4.49. The molecule has 0 aliphatic carbocycles. The lowest BCUT2D eigenvalue weighted by molar-refractivity contribution is -0.117. The molecule has 0 aliphatic rings. The van der Waals surface area contributed by atoms with Gasteiger partial charge >= 0.3 is 0 Å². The molecule has 0 spiro atoms. The first-order valence-electron chi connectivity index (χ1n) is 8.30. The van der Waals surface area contributed by atoms with E-state index < -0.39 is 11.7 Å². The molecule has 1 N–H and O–H groups in total. The summed E-state index contributed by atoms with van der Waals surface area (Å²) in [7, 11) is 0. The van der Waals surface area contributed by atoms with E-state index in [9.17, 15) is 9.59 Å². The van der Waals surface area contributed by atoms with Crippen LogP contribution in [0.4, 0.5) is 0 Å². The summed E-state index contributed by atoms with van der Waals surface area (Å²) >= 11 is 3.37. The molecule has 5 heteroatoms. The molecule has 4 nitrogen and oxygen atoms in total. The predicted octanol–water partition coefficient (Wildman–Crippen LogP) is 4.11. The van der Waals surface area contributed by atoms with Crippen molar-refractivity contribution in [1.29, 1.82) is 0 Å². The van der Waals surface area contributed by atoms with Crippen molar-refractivity contribution in [3.8, 4) is 0 Å². The molecule has 0 aliphatic heterocycles. The Balaban J connectivity index is 1.65. The van der Waals surface area contributed by atoms with E-state index in [1.807, 2.05) is 61.7 Å². The number of Topliss-reactive ketones (excluding diaryl/α,β-unsaturated/α-hetero) is 1. The van der Waals surface area contributed by atoms with Crippen LogP contribution in [-0.2, 0) is 17.9 Å². The largest absolute Gasteiger partial charge is 0.345 e. The monoisotopic (exact) mass is 410 g/mol. The first-order valence-corrected chi connectivity index (χ1v) is 9.10. The summed E-state index contributed by atoms with van der Waals surface area (Å²) in [4.78, 5) is 24.8. The maximum atomic E-state index is 12.5. The molecule has 0 unspecified atom stereocenters. The molecule has 0 fully saturated rings. The second-order valence-electron chi connectivity index (χ2n) is 6.15. The van der Waals surface area contributed by atoms with Crippen molar-refractivity contribution in [3.05, 3.63) is 93.7 Å². The van der Waals surface area contributed by atoms with Crippen LogP contribution in [0.5, 0.6) is 0 Å². The third-order valence-corrected chi connectivity index (χ3v) is 4.64. The van der Waals surface area contributed by atoms with Gasteiger partial charge in [-0.25, -0.2) is 0 Å². The summed E-state index contributed by atoms with van der Waals surface area (Å²) in [5, 5.41) is 2.69. The van der Waals surface area contributed by atoms with Crippen LogP contribution >= 0.6 is 15.9 Å². The van der Waals surface area contributed by atoms with E-state index in [-0.39, 0.29) is 0 Å². The quantitative estimate of drug-likeness (QED) is 0.491. The zero-order valence-corrected chi connectivity index (χ0v) is 16.0.